The van der Waals surface area contributed by atoms with Gasteiger partial charge in [0.2, 0.25) is 0 Å². The van der Waals surface area contributed by atoms with E-state index in [0.717, 1.165) is 47.6 Å². The van der Waals surface area contributed by atoms with Crippen LogP contribution in [0.25, 0.3) is 20.4 Å². The van der Waals surface area contributed by atoms with Gasteiger partial charge in [-0.15, -0.1) is 22.7 Å². The Hall–Kier alpha value is -2.69. The van der Waals surface area contributed by atoms with Gasteiger partial charge in [0.05, 0.1) is 10.8 Å². The van der Waals surface area contributed by atoms with Gasteiger partial charge in [-0.05, 0) is 112 Å². The largest absolute Gasteiger partial charge is 0.367 e. The number of aryl methyl sites for hydroxylation is 4. The molecule has 0 unspecified atom stereocenters. The lowest BCUT2D eigenvalue weighted by atomic mass is 9.81. The highest BCUT2D eigenvalue weighted by atomic mass is 32.1. The van der Waals surface area contributed by atoms with Gasteiger partial charge in [-0.3, -0.25) is 4.79 Å². The average Bonchev–Trinajstić information content (AvgIpc) is 3.81. The topological polar surface area (TPSA) is 119 Å². The van der Waals surface area contributed by atoms with Crippen molar-refractivity contribution in [3.05, 3.63) is 33.5 Å². The number of carbonyl (C=O) groups is 1. The predicted molar refractivity (Wildman–Crippen MR) is 207 cm³/mol. The van der Waals surface area contributed by atoms with Crippen molar-refractivity contribution < 1.29 is 6.22 Å². The van der Waals surface area contributed by atoms with Crippen molar-refractivity contribution in [1.29, 1.82) is 0 Å². The van der Waals surface area contributed by atoms with Crippen LogP contribution in [0.3, 0.4) is 0 Å². The summed E-state index contributed by atoms with van der Waals surface area (Å²) in [5.74, 6) is 4.24. The molecule has 2 fully saturated rings. The number of carbonyl (C=O) groups excluding carboxylic acids is 1. The first-order valence-corrected chi connectivity index (χ1v) is 19.7. The third-order valence-corrected chi connectivity index (χ3v) is 12.3. The van der Waals surface area contributed by atoms with Crippen molar-refractivity contribution in [2.24, 2.45) is 17.6 Å². The zero-order chi connectivity index (χ0) is 32.9. The van der Waals surface area contributed by atoms with E-state index in [9.17, 15) is 4.79 Å². The van der Waals surface area contributed by atoms with E-state index in [4.69, 9.17) is 5.73 Å². The molecule has 0 atom stereocenters. The molecule has 0 spiro atoms. The summed E-state index contributed by atoms with van der Waals surface area (Å²) in [7, 11) is 0. The van der Waals surface area contributed by atoms with E-state index in [2.05, 4.69) is 44.4 Å². The molecule has 0 bridgehead atoms. The number of hydrogen-bond donors (Lipinski definition) is 3. The predicted octanol–water partition coefficient (Wildman–Crippen LogP) is 9.54. The molecule has 48 heavy (non-hydrogen) atoms. The second-order valence-corrected chi connectivity index (χ2v) is 16.9. The molecular weight excluding hydrogens is 635 g/mol. The average molecular weight is 694 g/mol. The third kappa shape index (κ3) is 8.90. The summed E-state index contributed by atoms with van der Waals surface area (Å²) in [6, 6.07) is 1.30. The fourth-order valence-corrected chi connectivity index (χ4v) is 10.2. The first-order valence-electron chi connectivity index (χ1n) is 18.1. The fourth-order valence-electron chi connectivity index (χ4n) is 7.76. The van der Waals surface area contributed by atoms with Crippen LogP contribution in [0.5, 0.6) is 0 Å². The van der Waals surface area contributed by atoms with E-state index in [0.29, 0.717) is 36.8 Å². The number of aromatic nitrogens is 4. The summed E-state index contributed by atoms with van der Waals surface area (Å²) in [5.41, 5.74) is 8.10. The Bertz CT molecular complexity index is 1650. The van der Waals surface area contributed by atoms with Gasteiger partial charge in [0.25, 0.3) is 0 Å². The first kappa shape index (κ1) is 36.6. The molecule has 0 aromatic carbocycles. The van der Waals surface area contributed by atoms with Gasteiger partial charge in [-0.2, -0.15) is 0 Å². The van der Waals surface area contributed by atoms with Gasteiger partial charge in [-0.25, -0.2) is 19.9 Å². The standard InChI is InChI=1S/C19H27N3S.C15H17N3OS.C3H9N.CH4.H2/c1-12(2)10-13-6-8-14(9-7-13)22-18-17-15-4-3-5-16(15)23-19(17)21-11-20-18;19-10-6-4-9(5-7-10)18-14-13-11-2-1-3-12(11)20-15(13)17-8-16-14;1-3(2)4;;/h11-14H,3-10H2,1-2H3,(H,20,21,22);8-9H,1-7H2,(H,16,17,18);3H,4H2,1-2H3;1H4;1H. The summed E-state index contributed by atoms with van der Waals surface area (Å²) < 4.78 is 0. The molecule has 0 aliphatic heterocycles. The molecule has 4 heterocycles. The monoisotopic (exact) mass is 693 g/mol. The van der Waals surface area contributed by atoms with Gasteiger partial charge in [-0.1, -0.05) is 35.1 Å². The van der Waals surface area contributed by atoms with Crippen LogP contribution >= 0.6 is 22.7 Å². The highest BCUT2D eigenvalue weighted by Crippen LogP contribution is 2.41. The van der Waals surface area contributed by atoms with Gasteiger partial charge in [0.15, 0.2) is 0 Å². The first-order chi connectivity index (χ1) is 22.7. The van der Waals surface area contributed by atoms with Crippen LogP contribution in [0.2, 0.25) is 0 Å². The van der Waals surface area contributed by atoms with Crippen molar-refractivity contribution in [3.8, 4) is 0 Å². The minimum Gasteiger partial charge on any atom is -0.367 e. The maximum absolute atomic E-state index is 11.3. The van der Waals surface area contributed by atoms with E-state index in [-0.39, 0.29) is 8.85 Å². The van der Waals surface area contributed by atoms with Crippen molar-refractivity contribution in [2.75, 3.05) is 10.6 Å². The second kappa shape index (κ2) is 16.8. The van der Waals surface area contributed by atoms with Crippen LogP contribution in [-0.2, 0) is 30.5 Å². The number of ketones is 1. The number of fused-ring (bicyclic) bond motifs is 6. The number of anilines is 2. The molecule has 4 aliphatic carbocycles. The summed E-state index contributed by atoms with van der Waals surface area (Å²) in [6.07, 6.45) is 20.7. The van der Waals surface area contributed by atoms with Crippen LogP contribution in [0.4, 0.5) is 11.6 Å². The molecule has 4 aromatic rings. The molecule has 10 heteroatoms. The molecule has 264 valence electrons. The Kier molecular flexibility index (Phi) is 12.8. The maximum atomic E-state index is 11.3. The van der Waals surface area contributed by atoms with Gasteiger partial charge >= 0.3 is 0 Å². The molecule has 8 nitrogen and oxygen atoms in total. The lowest BCUT2D eigenvalue weighted by Crippen LogP contribution is -2.27. The molecular formula is C38H59N7OS2. The minimum atomic E-state index is 0. The number of nitrogens with zero attached hydrogens (tertiary/aromatic N) is 4. The lowest BCUT2D eigenvalue weighted by molar-refractivity contribution is -0.120. The number of thiophene rings is 2. The molecule has 0 saturated heterocycles. The molecule has 0 amide bonds. The van der Waals surface area contributed by atoms with E-state index in [1.54, 1.807) is 17.5 Å². The van der Waals surface area contributed by atoms with Crippen molar-refractivity contribution >= 4 is 60.5 Å². The molecule has 0 radical (unpaired) electrons. The van der Waals surface area contributed by atoms with Crippen LogP contribution in [-0.4, -0.2) is 43.8 Å². The zero-order valence-electron chi connectivity index (χ0n) is 28.7. The molecule has 4 N–H and O–H groups in total. The Morgan fingerprint density at radius 2 is 1.19 bits per heavy atom. The third-order valence-electron chi connectivity index (χ3n) is 9.88. The highest BCUT2D eigenvalue weighted by Gasteiger charge is 2.26. The summed E-state index contributed by atoms with van der Waals surface area (Å²) in [6.45, 7) is 8.58. The highest BCUT2D eigenvalue weighted by molar-refractivity contribution is 7.19. The van der Waals surface area contributed by atoms with E-state index in [1.165, 1.54) is 95.8 Å². The van der Waals surface area contributed by atoms with E-state index < -0.39 is 0 Å². The van der Waals surface area contributed by atoms with Crippen LogP contribution in [0, 0.1) is 11.8 Å². The summed E-state index contributed by atoms with van der Waals surface area (Å²) in [5, 5.41) is 9.90. The second-order valence-electron chi connectivity index (χ2n) is 14.7. The number of Topliss-reactive ketones (excluding diaryl/α,β-unsaturated/α-hetero) is 1. The number of nitrogens with one attached hydrogen (secondary N) is 2. The number of rotatable bonds is 6. The normalized spacial score (nSPS) is 20.5. The van der Waals surface area contributed by atoms with E-state index >= 15 is 0 Å². The SMILES string of the molecule is C.CC(C)CC1CCC(Nc2ncnc3sc4c(c23)CCC4)CC1.CC(C)N.O=C1CCC(Nc2ncnc3sc4c(c23)CCC4)CC1.[HH]. The Balaban J connectivity index is 0.000000193. The zero-order valence-corrected chi connectivity index (χ0v) is 30.4. The molecule has 2 saturated carbocycles. The smallest absolute Gasteiger partial charge is 0.138 e. The Labute approximate surface area is 297 Å². The van der Waals surface area contributed by atoms with Gasteiger partial charge < -0.3 is 16.4 Å². The summed E-state index contributed by atoms with van der Waals surface area (Å²) >= 11 is 3.70. The van der Waals surface area contributed by atoms with Crippen LogP contribution < -0.4 is 16.4 Å². The maximum Gasteiger partial charge on any atom is 0.138 e. The Morgan fingerprint density at radius 3 is 1.65 bits per heavy atom. The summed E-state index contributed by atoms with van der Waals surface area (Å²) in [4.78, 5) is 34.7. The fraction of sp³-hybridized carbons (Fsp3) is 0.658. The van der Waals surface area contributed by atoms with Crippen LogP contribution in [0.15, 0.2) is 12.7 Å². The van der Waals surface area contributed by atoms with Crippen LogP contribution in [0.1, 0.15) is 128 Å². The van der Waals surface area contributed by atoms with Gasteiger partial charge in [0.1, 0.15) is 39.7 Å². The molecule has 4 aliphatic rings. The Morgan fingerprint density at radius 1 is 0.729 bits per heavy atom. The van der Waals surface area contributed by atoms with E-state index in [1.807, 2.05) is 36.5 Å². The number of hydrogen-bond acceptors (Lipinski definition) is 10. The minimum absolute atomic E-state index is 0. The quantitative estimate of drug-likeness (QED) is 0.183. The molecule has 8 rings (SSSR count). The molecule has 4 aromatic heterocycles. The lowest BCUT2D eigenvalue weighted by Gasteiger charge is -2.30. The van der Waals surface area contributed by atoms with Crippen molar-refractivity contribution in [2.45, 2.75) is 150 Å². The van der Waals surface area contributed by atoms with Crippen molar-refractivity contribution in [3.63, 3.8) is 0 Å². The van der Waals surface area contributed by atoms with Gasteiger partial charge in [0, 0.05) is 36.1 Å². The number of nitrogens with two attached hydrogens (primary N) is 1. The van der Waals surface area contributed by atoms with Crippen molar-refractivity contribution in [1.82, 2.24) is 19.9 Å².